The smallest absolute Gasteiger partial charge is 0.411 e. The van der Waals surface area contributed by atoms with Crippen LogP contribution in [-0.4, -0.2) is 95.0 Å². The predicted octanol–water partition coefficient (Wildman–Crippen LogP) is 11.4. The van der Waals surface area contributed by atoms with Gasteiger partial charge in [0.15, 0.2) is 0 Å². The number of imide groups is 4. The highest BCUT2D eigenvalue weighted by atomic mass is 19.4. The number of fused-ring (bicyclic) bond motifs is 4. The van der Waals surface area contributed by atoms with E-state index in [2.05, 4.69) is 0 Å². The Kier molecular flexibility index (Phi) is 12.3. The molecule has 6 aromatic rings. The number of amides is 8. The van der Waals surface area contributed by atoms with Crippen LogP contribution in [0.3, 0.4) is 0 Å². The third kappa shape index (κ3) is 7.55. The van der Waals surface area contributed by atoms with Gasteiger partial charge in [-0.2, -0.15) is 52.7 Å². The minimum atomic E-state index is -6.37. The number of nitrogens with zero attached hydrogens (tertiary/aromatic N) is 4. The van der Waals surface area contributed by atoms with Crippen LogP contribution in [0.15, 0.2) is 91.0 Å². The Hall–Kier alpha value is -9.49. The minimum absolute atomic E-state index is 0.140. The zero-order chi connectivity index (χ0) is 61.2. The molecule has 0 saturated heterocycles. The maximum Gasteiger partial charge on any atom is 0.411 e. The van der Waals surface area contributed by atoms with Crippen molar-refractivity contribution in [2.24, 2.45) is 0 Å². The Morgan fingerprint density at radius 1 is 0.361 bits per heavy atom. The van der Waals surface area contributed by atoms with Gasteiger partial charge in [-0.15, -0.1) is 0 Å². The number of hydrogen-bond donors (Lipinski definition) is 1. The fraction of sp³-hybridized carbons (Fsp3) is 0.211. The van der Waals surface area contributed by atoms with E-state index in [1.54, 1.807) is 0 Å². The predicted molar refractivity (Wildman–Crippen MR) is 265 cm³/mol. The summed E-state index contributed by atoms with van der Waals surface area (Å²) in [6, 6.07) is 7.61. The second kappa shape index (κ2) is 18.0. The molecule has 0 fully saturated rings. The lowest BCUT2D eigenvalue weighted by Crippen LogP contribution is -2.55. The van der Waals surface area contributed by atoms with Gasteiger partial charge in [0.25, 0.3) is 47.3 Å². The number of aryl methyl sites for hydroxylation is 1. The summed E-state index contributed by atoms with van der Waals surface area (Å²) < 4.78 is 186. The number of carbonyl (C=O) groups excluding carboxylic acids is 8. The van der Waals surface area contributed by atoms with Gasteiger partial charge < -0.3 is 5.11 Å². The number of aromatic carboxylic acids is 1. The van der Waals surface area contributed by atoms with E-state index in [9.17, 15) is 48.3 Å². The molecule has 6 aromatic carbocycles. The van der Waals surface area contributed by atoms with E-state index in [-0.39, 0.29) is 75.2 Å². The van der Waals surface area contributed by atoms with Gasteiger partial charge in [0.1, 0.15) is 0 Å². The van der Waals surface area contributed by atoms with Crippen LogP contribution in [0.4, 0.5) is 69.7 Å². The van der Waals surface area contributed by atoms with Gasteiger partial charge in [0.2, 0.25) is 10.8 Å². The van der Waals surface area contributed by atoms with Crippen molar-refractivity contribution < 1.29 is 101 Å². The van der Waals surface area contributed by atoms with Crippen LogP contribution < -0.4 is 14.7 Å². The van der Waals surface area contributed by atoms with Gasteiger partial charge in [-0.05, 0) is 151 Å². The molecule has 0 radical (unpaired) electrons. The Balaban J connectivity index is 1.03. The molecule has 4 heterocycles. The molecule has 0 atom stereocenters. The number of anilines is 3. The monoisotopic (exact) mass is 1160 g/mol. The highest BCUT2D eigenvalue weighted by Gasteiger charge is 2.74. The third-order valence-electron chi connectivity index (χ3n) is 15.7. The Labute approximate surface area is 458 Å². The molecular weight excluding hydrogens is 1130 g/mol. The molecule has 83 heavy (non-hydrogen) atoms. The lowest BCUT2D eigenvalue weighted by Gasteiger charge is -2.38. The lowest BCUT2D eigenvalue weighted by atomic mass is 9.71. The molecule has 14 nitrogen and oxygen atoms in total. The second-order valence-corrected chi connectivity index (χ2v) is 20.1. The second-order valence-electron chi connectivity index (χ2n) is 20.1. The molecule has 26 heteroatoms. The first-order chi connectivity index (χ1) is 38.4. The highest BCUT2D eigenvalue weighted by molar-refractivity contribution is 6.37. The standard InChI is InChI=1S/C57H34F12N4O10/c1-22-15-27(51(82)83)17-32(16-22)71-45(76)34-12-8-29(19-38(34)48(71)79)53(56(64,65)66,57(67,68)69)31-10-14-36-40(21-31)50(81)73(47(36)78)42-25(4)23(2)41(24(3)26(42)5)72-46(77)35-13-9-30(20-39(35)49(72)80)52(54(58,59)60,55(61,62)63)28-7-11-33-37(18-28)44(75)70(6)43(33)74/h7-21H,1-6H3,(H,82,83). The number of alkyl halides is 12. The van der Waals surface area contributed by atoms with Crippen molar-refractivity contribution in [1.82, 2.24) is 4.90 Å². The van der Waals surface area contributed by atoms with Gasteiger partial charge in [-0.25, -0.2) is 19.5 Å². The molecule has 0 aliphatic carbocycles. The Bertz CT molecular complexity index is 4030. The summed E-state index contributed by atoms with van der Waals surface area (Å²) in [6.07, 6.45) is -25.3. The third-order valence-corrected chi connectivity index (χ3v) is 15.7. The summed E-state index contributed by atoms with van der Waals surface area (Å²) in [6.45, 7) is 6.30. The Morgan fingerprint density at radius 2 is 0.627 bits per heavy atom. The SMILES string of the molecule is Cc1cc(C(=O)O)cc(N2C(=O)c3ccc(C(c4ccc5c(c4)C(=O)N(c4c(C)c(C)c(N6C(=O)c7ccc(C(c8ccc9c(c8)C(=O)N(C)C9=O)(C(F)(F)F)C(F)(F)F)cc7C6=O)c(C)c4C)C5=O)(C(F)(F)F)C(F)(F)F)cc3C2=O)c1. The van der Waals surface area contributed by atoms with Crippen molar-refractivity contribution in [3.63, 3.8) is 0 Å². The lowest BCUT2D eigenvalue weighted by molar-refractivity contribution is -0.290. The summed E-state index contributed by atoms with van der Waals surface area (Å²) in [5, 5.41) is 9.55. The quantitative estimate of drug-likeness (QED) is 0.113. The molecule has 0 aromatic heterocycles. The first kappa shape index (κ1) is 56.8. The average Bonchev–Trinajstić information content (AvgIpc) is 1.76. The fourth-order valence-corrected chi connectivity index (χ4v) is 11.6. The number of halogens is 12. The van der Waals surface area contributed by atoms with Crippen molar-refractivity contribution >= 4 is 70.3 Å². The molecule has 426 valence electrons. The normalized spacial score (nSPS) is 15.8. The maximum absolute atomic E-state index is 15.7. The van der Waals surface area contributed by atoms with Crippen LogP contribution in [0.1, 0.15) is 143 Å². The average molecular weight is 1160 g/mol. The summed E-state index contributed by atoms with van der Waals surface area (Å²) in [5.41, 5.74) is -24.7. The maximum atomic E-state index is 15.7. The molecule has 0 bridgehead atoms. The number of carbonyl (C=O) groups is 9. The van der Waals surface area contributed by atoms with Crippen molar-refractivity contribution in [3.05, 3.63) is 191 Å². The zero-order valence-electron chi connectivity index (χ0n) is 43.1. The molecule has 1 N–H and O–H groups in total. The number of carboxylic acids is 1. The van der Waals surface area contributed by atoms with Crippen LogP contribution in [0.2, 0.25) is 0 Å². The van der Waals surface area contributed by atoms with Gasteiger partial charge in [0.05, 0.1) is 67.1 Å². The fourth-order valence-electron chi connectivity index (χ4n) is 11.6. The van der Waals surface area contributed by atoms with E-state index in [1.807, 2.05) is 0 Å². The van der Waals surface area contributed by atoms with Crippen LogP contribution >= 0.6 is 0 Å². The number of benzene rings is 6. The minimum Gasteiger partial charge on any atom is -0.478 e. The summed E-state index contributed by atoms with van der Waals surface area (Å²) in [7, 11) is 0.957. The van der Waals surface area contributed by atoms with Crippen molar-refractivity contribution in [2.45, 2.75) is 70.2 Å². The molecule has 0 unspecified atom stereocenters. The summed E-state index contributed by atoms with van der Waals surface area (Å²) in [5.74, 6) is -11.8. The van der Waals surface area contributed by atoms with E-state index in [1.165, 1.54) is 46.8 Å². The summed E-state index contributed by atoms with van der Waals surface area (Å²) >= 11 is 0. The van der Waals surface area contributed by atoms with Crippen molar-refractivity contribution in [1.29, 1.82) is 0 Å². The van der Waals surface area contributed by atoms with Crippen LogP contribution in [-0.2, 0) is 10.8 Å². The van der Waals surface area contributed by atoms with Gasteiger partial charge in [-0.3, -0.25) is 43.3 Å². The summed E-state index contributed by atoms with van der Waals surface area (Å²) in [4.78, 5) is 123. The zero-order valence-corrected chi connectivity index (χ0v) is 43.1. The first-order valence-electron chi connectivity index (χ1n) is 24.2. The highest BCUT2D eigenvalue weighted by Crippen LogP contribution is 2.59. The largest absolute Gasteiger partial charge is 0.478 e. The molecule has 0 spiro atoms. The molecule has 10 rings (SSSR count). The van der Waals surface area contributed by atoms with Gasteiger partial charge in [0, 0.05) is 7.05 Å². The number of hydrogen-bond acceptors (Lipinski definition) is 9. The van der Waals surface area contributed by atoms with Crippen molar-refractivity contribution in [2.75, 3.05) is 21.7 Å². The number of rotatable bonds is 8. The van der Waals surface area contributed by atoms with Gasteiger partial charge in [-0.1, -0.05) is 24.3 Å². The van der Waals surface area contributed by atoms with E-state index in [0.29, 0.717) is 62.1 Å². The molecular formula is C57H34F12N4O10. The Morgan fingerprint density at radius 3 is 0.940 bits per heavy atom. The molecule has 8 amide bonds. The first-order valence-corrected chi connectivity index (χ1v) is 24.2. The topological polar surface area (TPSA) is 187 Å². The molecule has 4 aliphatic rings. The molecule has 4 aliphatic heterocycles. The van der Waals surface area contributed by atoms with Crippen molar-refractivity contribution in [3.8, 4) is 0 Å². The van der Waals surface area contributed by atoms with E-state index in [0.717, 1.165) is 13.1 Å². The van der Waals surface area contributed by atoms with E-state index in [4.69, 9.17) is 0 Å². The van der Waals surface area contributed by atoms with Crippen LogP contribution in [0.25, 0.3) is 0 Å². The number of carboxylic acid groups (broad SMARTS) is 1. The van der Waals surface area contributed by atoms with E-state index >= 15 is 52.7 Å². The van der Waals surface area contributed by atoms with Gasteiger partial charge >= 0.3 is 30.7 Å². The van der Waals surface area contributed by atoms with E-state index < -0.39 is 161 Å². The van der Waals surface area contributed by atoms with Crippen LogP contribution in [0.5, 0.6) is 0 Å². The van der Waals surface area contributed by atoms with Crippen LogP contribution in [0, 0.1) is 34.6 Å². The molecule has 0 saturated carbocycles.